The molecule has 0 aromatic heterocycles. The average molecular weight is 284 g/mol. The molecule has 1 aliphatic rings. The van der Waals surface area contributed by atoms with Crippen molar-refractivity contribution in [1.29, 1.82) is 0 Å². The van der Waals surface area contributed by atoms with E-state index in [4.69, 9.17) is 15.2 Å². The molecule has 1 unspecified atom stereocenters. The highest BCUT2D eigenvalue weighted by Gasteiger charge is 2.44. The molecular formula is C16H16N2O3. The predicted molar refractivity (Wildman–Crippen MR) is 80.3 cm³/mol. The van der Waals surface area contributed by atoms with Gasteiger partial charge < -0.3 is 20.3 Å². The van der Waals surface area contributed by atoms with E-state index in [-0.39, 0.29) is 5.84 Å². The summed E-state index contributed by atoms with van der Waals surface area (Å²) in [6.45, 7) is 0. The molecule has 21 heavy (non-hydrogen) atoms. The molecule has 108 valence electrons. The largest absolute Gasteiger partial charge is 0.497 e. The van der Waals surface area contributed by atoms with Crippen molar-refractivity contribution < 1.29 is 14.6 Å². The van der Waals surface area contributed by atoms with Crippen LogP contribution in [0, 0.1) is 0 Å². The Morgan fingerprint density at radius 1 is 1.05 bits per heavy atom. The van der Waals surface area contributed by atoms with Crippen molar-refractivity contribution in [1.82, 2.24) is 0 Å². The van der Waals surface area contributed by atoms with E-state index in [9.17, 15) is 5.11 Å². The fourth-order valence-electron chi connectivity index (χ4n) is 2.60. The molecule has 2 aromatic rings. The molecule has 0 fully saturated rings. The number of rotatable bonds is 3. The van der Waals surface area contributed by atoms with Crippen LogP contribution < -0.4 is 15.2 Å². The fourth-order valence-corrected chi connectivity index (χ4v) is 2.60. The lowest BCUT2D eigenvalue weighted by molar-refractivity contribution is 0.154. The lowest BCUT2D eigenvalue weighted by Gasteiger charge is -2.26. The summed E-state index contributed by atoms with van der Waals surface area (Å²) in [5.74, 6) is 1.30. The van der Waals surface area contributed by atoms with Gasteiger partial charge >= 0.3 is 0 Å². The minimum Gasteiger partial charge on any atom is -0.497 e. The molecule has 0 saturated heterocycles. The molecule has 0 aliphatic carbocycles. The van der Waals surface area contributed by atoms with Gasteiger partial charge in [-0.1, -0.05) is 18.2 Å². The number of benzene rings is 2. The summed E-state index contributed by atoms with van der Waals surface area (Å²) in [5.41, 5.74) is 6.27. The fraction of sp³-hybridized carbons (Fsp3) is 0.188. The Labute approximate surface area is 122 Å². The van der Waals surface area contributed by atoms with Crippen LogP contribution in [0.5, 0.6) is 11.5 Å². The molecule has 0 amide bonds. The van der Waals surface area contributed by atoms with Crippen LogP contribution >= 0.6 is 0 Å². The average Bonchev–Trinajstić information content (AvgIpc) is 2.79. The third kappa shape index (κ3) is 1.86. The van der Waals surface area contributed by atoms with E-state index in [1.54, 1.807) is 44.6 Å². The minimum atomic E-state index is -1.52. The van der Waals surface area contributed by atoms with Crippen molar-refractivity contribution in [2.24, 2.45) is 10.7 Å². The van der Waals surface area contributed by atoms with E-state index in [2.05, 4.69) is 4.99 Å². The van der Waals surface area contributed by atoms with E-state index < -0.39 is 5.60 Å². The van der Waals surface area contributed by atoms with E-state index in [0.717, 1.165) is 0 Å². The molecular weight excluding hydrogens is 268 g/mol. The second-order valence-corrected chi connectivity index (χ2v) is 4.79. The van der Waals surface area contributed by atoms with Crippen molar-refractivity contribution in [2.45, 2.75) is 5.60 Å². The van der Waals surface area contributed by atoms with Gasteiger partial charge in [-0.05, 0) is 24.3 Å². The molecule has 1 aliphatic heterocycles. The summed E-state index contributed by atoms with van der Waals surface area (Å²) >= 11 is 0. The van der Waals surface area contributed by atoms with E-state index in [1.807, 2.05) is 12.1 Å². The number of amidine groups is 1. The highest BCUT2D eigenvalue weighted by atomic mass is 16.5. The summed E-state index contributed by atoms with van der Waals surface area (Å²) in [6.07, 6.45) is 0. The second kappa shape index (κ2) is 4.79. The van der Waals surface area contributed by atoms with Crippen LogP contribution in [0.15, 0.2) is 47.5 Å². The van der Waals surface area contributed by atoms with Crippen LogP contribution in [0.4, 0.5) is 5.69 Å². The summed E-state index contributed by atoms with van der Waals surface area (Å²) in [6, 6.07) is 12.5. The zero-order chi connectivity index (χ0) is 15.0. The van der Waals surface area contributed by atoms with Gasteiger partial charge in [0, 0.05) is 11.1 Å². The standard InChI is InChI=1S/C16H16N2O3/c1-20-10-7-8-13-12(9-10)16(19,15(17)18-13)11-5-3-4-6-14(11)21-2/h3-9,19H,1-2H3,(H2,17,18). The number of methoxy groups -OCH3 is 2. The molecule has 5 heteroatoms. The predicted octanol–water partition coefficient (Wildman–Crippen LogP) is 1.94. The third-order valence-electron chi connectivity index (χ3n) is 3.70. The van der Waals surface area contributed by atoms with Crippen LogP contribution in [0.2, 0.25) is 0 Å². The number of ether oxygens (including phenoxy) is 2. The quantitative estimate of drug-likeness (QED) is 0.903. The maximum absolute atomic E-state index is 11.2. The number of hydrogen-bond acceptors (Lipinski definition) is 5. The highest BCUT2D eigenvalue weighted by molar-refractivity contribution is 6.01. The Kier molecular flexibility index (Phi) is 3.07. The van der Waals surface area contributed by atoms with Gasteiger partial charge in [-0.25, -0.2) is 4.99 Å². The number of aliphatic hydroxyl groups is 1. The first-order valence-electron chi connectivity index (χ1n) is 6.50. The highest BCUT2D eigenvalue weighted by Crippen LogP contribution is 2.45. The van der Waals surface area contributed by atoms with Crippen molar-refractivity contribution in [3.05, 3.63) is 53.6 Å². The monoisotopic (exact) mass is 284 g/mol. The second-order valence-electron chi connectivity index (χ2n) is 4.79. The first-order valence-corrected chi connectivity index (χ1v) is 6.50. The lowest BCUT2D eigenvalue weighted by Crippen LogP contribution is -2.39. The molecule has 3 rings (SSSR count). The zero-order valence-electron chi connectivity index (χ0n) is 11.8. The molecule has 0 bridgehead atoms. The molecule has 0 spiro atoms. The van der Waals surface area contributed by atoms with Gasteiger partial charge in [0.15, 0.2) is 5.60 Å². The van der Waals surface area contributed by atoms with Gasteiger partial charge in [0.2, 0.25) is 0 Å². The number of hydrogen-bond donors (Lipinski definition) is 2. The van der Waals surface area contributed by atoms with Gasteiger partial charge in [-0.2, -0.15) is 0 Å². The maximum Gasteiger partial charge on any atom is 0.178 e. The van der Waals surface area contributed by atoms with Crippen LogP contribution in [0.25, 0.3) is 0 Å². The smallest absolute Gasteiger partial charge is 0.178 e. The van der Waals surface area contributed by atoms with Gasteiger partial charge in [0.1, 0.15) is 17.3 Å². The molecule has 1 heterocycles. The molecule has 3 N–H and O–H groups in total. The number of nitrogens with two attached hydrogens (primary N) is 1. The molecule has 2 aromatic carbocycles. The number of fused-ring (bicyclic) bond motifs is 1. The van der Waals surface area contributed by atoms with Gasteiger partial charge in [0.05, 0.1) is 19.9 Å². The summed E-state index contributed by atoms with van der Waals surface area (Å²) in [5, 5.41) is 11.2. The van der Waals surface area contributed by atoms with E-state index >= 15 is 0 Å². The Balaban J connectivity index is 2.25. The molecule has 5 nitrogen and oxygen atoms in total. The van der Waals surface area contributed by atoms with Gasteiger partial charge in [0.25, 0.3) is 0 Å². The Morgan fingerprint density at radius 3 is 2.52 bits per heavy atom. The van der Waals surface area contributed by atoms with Crippen molar-refractivity contribution in [2.75, 3.05) is 14.2 Å². The van der Waals surface area contributed by atoms with Crippen LogP contribution in [0.1, 0.15) is 11.1 Å². The summed E-state index contributed by atoms with van der Waals surface area (Å²) in [7, 11) is 3.13. The number of para-hydroxylation sites is 1. The first kappa shape index (κ1) is 13.5. The first-order chi connectivity index (χ1) is 10.1. The zero-order valence-corrected chi connectivity index (χ0v) is 11.8. The van der Waals surface area contributed by atoms with Gasteiger partial charge in [-0.15, -0.1) is 0 Å². The SMILES string of the molecule is COc1ccc2c(c1)C(O)(c1ccccc1OC)C(N)=N2. The van der Waals surface area contributed by atoms with E-state index in [0.29, 0.717) is 28.3 Å². The number of nitrogens with zero attached hydrogens (tertiary/aromatic N) is 1. The molecule has 0 radical (unpaired) electrons. The summed E-state index contributed by atoms with van der Waals surface area (Å²) < 4.78 is 10.6. The molecule has 0 saturated carbocycles. The van der Waals surface area contributed by atoms with Crippen molar-refractivity contribution in [3.63, 3.8) is 0 Å². The normalized spacial score (nSPS) is 19.9. The van der Waals surface area contributed by atoms with Crippen LogP contribution in [0.3, 0.4) is 0 Å². The lowest BCUT2D eigenvalue weighted by atomic mass is 9.85. The topological polar surface area (TPSA) is 77.1 Å². The molecule has 1 atom stereocenters. The maximum atomic E-state index is 11.2. The van der Waals surface area contributed by atoms with E-state index in [1.165, 1.54) is 0 Å². The third-order valence-corrected chi connectivity index (χ3v) is 3.70. The van der Waals surface area contributed by atoms with Crippen molar-refractivity contribution in [3.8, 4) is 11.5 Å². The van der Waals surface area contributed by atoms with Crippen molar-refractivity contribution >= 4 is 11.5 Å². The number of aliphatic imine (C=N–C) groups is 1. The van der Waals surface area contributed by atoms with Gasteiger partial charge in [-0.3, -0.25) is 0 Å². The van der Waals surface area contributed by atoms with Crippen LogP contribution in [-0.4, -0.2) is 25.2 Å². The Morgan fingerprint density at radius 2 is 1.81 bits per heavy atom. The summed E-state index contributed by atoms with van der Waals surface area (Å²) in [4.78, 5) is 4.27. The Hall–Kier alpha value is -2.53. The Bertz CT molecular complexity index is 727. The minimum absolute atomic E-state index is 0.121. The van der Waals surface area contributed by atoms with Crippen LogP contribution in [-0.2, 0) is 5.60 Å².